The Balaban J connectivity index is 1.42. The molecule has 31 heavy (non-hydrogen) atoms. The van der Waals surface area contributed by atoms with Gasteiger partial charge in [-0.2, -0.15) is 23.4 Å². The predicted octanol–water partition coefficient (Wildman–Crippen LogP) is 3.88. The number of amides is 1. The van der Waals surface area contributed by atoms with E-state index in [4.69, 9.17) is 0 Å². The number of hydrogen-bond acceptors (Lipinski definition) is 4. The molecule has 1 atom stereocenters. The maximum atomic E-state index is 13.0. The number of nitrogens with one attached hydrogen (secondary N) is 1. The molecule has 4 aromatic rings. The molecule has 0 aliphatic carbocycles. The molecule has 0 bridgehead atoms. The lowest BCUT2D eigenvalue weighted by molar-refractivity contribution is -0.141. The van der Waals surface area contributed by atoms with E-state index in [-0.39, 0.29) is 11.9 Å². The molecule has 5 heterocycles. The average molecular weight is 426 g/mol. The molecule has 158 valence electrons. The number of pyridine rings is 1. The van der Waals surface area contributed by atoms with Crippen LogP contribution in [0.3, 0.4) is 0 Å². The Labute approximate surface area is 174 Å². The van der Waals surface area contributed by atoms with Crippen molar-refractivity contribution >= 4 is 11.4 Å². The van der Waals surface area contributed by atoms with Gasteiger partial charge in [-0.1, -0.05) is 0 Å². The zero-order valence-electron chi connectivity index (χ0n) is 16.2. The second kappa shape index (κ2) is 7.22. The van der Waals surface area contributed by atoms with Gasteiger partial charge in [-0.25, -0.2) is 4.52 Å². The van der Waals surface area contributed by atoms with Crippen LogP contribution in [0.25, 0.3) is 16.8 Å². The van der Waals surface area contributed by atoms with Crippen LogP contribution in [0.4, 0.5) is 13.2 Å². The minimum atomic E-state index is -4.53. The molecule has 0 radical (unpaired) electrons. The van der Waals surface area contributed by atoms with Gasteiger partial charge in [0, 0.05) is 30.7 Å². The standard InChI is InChI=1S/C21H17F3N6O/c22-21(23,24)19-10-13(5-7-25-19)17-11-18-16(4-2-8-29(18)28-17)27-20(31)14-9-15-3-1-6-26-30(15)12-14/h1,3,5-7,9-12,16H,2,4,8H2,(H,27,31)/t16-/m0/s1. The molecule has 0 saturated heterocycles. The monoisotopic (exact) mass is 426 g/mol. The molecule has 0 aromatic carbocycles. The van der Waals surface area contributed by atoms with Crippen molar-refractivity contribution in [3.63, 3.8) is 0 Å². The summed E-state index contributed by atoms with van der Waals surface area (Å²) >= 11 is 0. The number of aryl methyl sites for hydroxylation is 1. The lowest BCUT2D eigenvalue weighted by atomic mass is 10.0. The number of carbonyl (C=O) groups is 1. The molecule has 5 rings (SSSR count). The SMILES string of the molecule is O=C(N[C@H]1CCCn2nc(-c3ccnc(C(F)(F)F)c3)cc21)c1cc2cccnn2c1. The van der Waals surface area contributed by atoms with Crippen molar-refractivity contribution in [2.24, 2.45) is 0 Å². The summed E-state index contributed by atoms with van der Waals surface area (Å²) in [4.78, 5) is 16.2. The maximum Gasteiger partial charge on any atom is 0.433 e. The van der Waals surface area contributed by atoms with Gasteiger partial charge < -0.3 is 5.32 Å². The molecular weight excluding hydrogens is 409 g/mol. The van der Waals surface area contributed by atoms with Gasteiger partial charge in [-0.15, -0.1) is 0 Å². The summed E-state index contributed by atoms with van der Waals surface area (Å²) in [6.07, 6.45) is 1.41. The summed E-state index contributed by atoms with van der Waals surface area (Å²) in [5.41, 5.74) is 1.85. The number of carbonyl (C=O) groups excluding carboxylic acids is 1. The fourth-order valence-electron chi connectivity index (χ4n) is 3.83. The van der Waals surface area contributed by atoms with E-state index in [2.05, 4.69) is 20.5 Å². The molecule has 1 N–H and O–H groups in total. The second-order valence-electron chi connectivity index (χ2n) is 7.40. The number of hydrogen-bond donors (Lipinski definition) is 1. The minimum absolute atomic E-state index is 0.241. The Kier molecular flexibility index (Phi) is 4.49. The third-order valence-electron chi connectivity index (χ3n) is 5.32. The molecule has 1 aliphatic heterocycles. The Bertz CT molecular complexity index is 1240. The highest BCUT2D eigenvalue weighted by molar-refractivity contribution is 5.95. The lowest BCUT2D eigenvalue weighted by Crippen LogP contribution is -2.32. The summed E-state index contributed by atoms with van der Waals surface area (Å²) in [5, 5.41) is 11.7. The van der Waals surface area contributed by atoms with E-state index in [1.54, 1.807) is 39.8 Å². The van der Waals surface area contributed by atoms with Crippen molar-refractivity contribution in [3.8, 4) is 11.3 Å². The molecule has 0 spiro atoms. The Morgan fingerprint density at radius 3 is 2.84 bits per heavy atom. The average Bonchev–Trinajstić information content (AvgIpc) is 3.38. The van der Waals surface area contributed by atoms with Crippen LogP contribution < -0.4 is 5.32 Å². The van der Waals surface area contributed by atoms with Crippen LogP contribution in [0.1, 0.15) is 40.6 Å². The van der Waals surface area contributed by atoms with Crippen molar-refractivity contribution in [2.75, 3.05) is 0 Å². The molecular formula is C21H17F3N6O. The van der Waals surface area contributed by atoms with Crippen molar-refractivity contribution < 1.29 is 18.0 Å². The summed E-state index contributed by atoms with van der Waals surface area (Å²) in [6.45, 7) is 0.638. The van der Waals surface area contributed by atoms with Crippen LogP contribution in [-0.4, -0.2) is 30.3 Å². The van der Waals surface area contributed by atoms with Gasteiger partial charge in [0.15, 0.2) is 0 Å². The smallest absolute Gasteiger partial charge is 0.344 e. The van der Waals surface area contributed by atoms with E-state index in [0.29, 0.717) is 29.8 Å². The van der Waals surface area contributed by atoms with Gasteiger partial charge in [0.25, 0.3) is 5.91 Å². The normalized spacial score (nSPS) is 16.3. The van der Waals surface area contributed by atoms with Gasteiger partial charge in [-0.3, -0.25) is 14.5 Å². The van der Waals surface area contributed by atoms with E-state index < -0.39 is 11.9 Å². The first-order valence-electron chi connectivity index (χ1n) is 9.74. The van der Waals surface area contributed by atoms with Gasteiger partial charge in [0.05, 0.1) is 28.5 Å². The van der Waals surface area contributed by atoms with Crippen molar-refractivity contribution in [1.29, 1.82) is 0 Å². The van der Waals surface area contributed by atoms with Crippen LogP contribution in [0.2, 0.25) is 0 Å². The molecule has 0 saturated carbocycles. The highest BCUT2D eigenvalue weighted by Crippen LogP contribution is 2.32. The number of halogens is 3. The van der Waals surface area contributed by atoms with Crippen molar-refractivity contribution in [2.45, 2.75) is 31.6 Å². The predicted molar refractivity (Wildman–Crippen MR) is 105 cm³/mol. The first-order chi connectivity index (χ1) is 14.9. The zero-order valence-corrected chi connectivity index (χ0v) is 16.2. The summed E-state index contributed by atoms with van der Waals surface area (Å²) in [5.74, 6) is -0.241. The highest BCUT2D eigenvalue weighted by atomic mass is 19.4. The Morgan fingerprint density at radius 1 is 1.16 bits per heavy atom. The maximum absolute atomic E-state index is 13.0. The van der Waals surface area contributed by atoms with Gasteiger partial charge >= 0.3 is 6.18 Å². The molecule has 4 aromatic heterocycles. The van der Waals surface area contributed by atoms with E-state index in [9.17, 15) is 18.0 Å². The minimum Gasteiger partial charge on any atom is -0.344 e. The third kappa shape index (κ3) is 3.65. The number of fused-ring (bicyclic) bond motifs is 2. The van der Waals surface area contributed by atoms with Crippen molar-refractivity contribution in [3.05, 3.63) is 71.9 Å². The van der Waals surface area contributed by atoms with Crippen LogP contribution in [0.5, 0.6) is 0 Å². The molecule has 10 heteroatoms. The fraction of sp³-hybridized carbons (Fsp3) is 0.238. The summed E-state index contributed by atoms with van der Waals surface area (Å²) in [6, 6.07) is 9.33. The first kappa shape index (κ1) is 19.3. The van der Waals surface area contributed by atoms with Gasteiger partial charge in [0.2, 0.25) is 0 Å². The largest absolute Gasteiger partial charge is 0.433 e. The first-order valence-corrected chi connectivity index (χ1v) is 9.74. The molecule has 0 unspecified atom stereocenters. The van der Waals surface area contributed by atoms with Crippen LogP contribution in [0, 0.1) is 0 Å². The van der Waals surface area contributed by atoms with E-state index >= 15 is 0 Å². The Hall–Kier alpha value is -3.69. The highest BCUT2D eigenvalue weighted by Gasteiger charge is 2.33. The molecule has 7 nitrogen and oxygen atoms in total. The van der Waals surface area contributed by atoms with E-state index in [0.717, 1.165) is 29.9 Å². The number of alkyl halides is 3. The molecule has 1 aliphatic rings. The fourth-order valence-corrected chi connectivity index (χ4v) is 3.83. The van der Waals surface area contributed by atoms with Crippen LogP contribution in [0.15, 0.2) is 55.0 Å². The summed E-state index contributed by atoms with van der Waals surface area (Å²) in [7, 11) is 0. The quantitative estimate of drug-likeness (QED) is 0.540. The van der Waals surface area contributed by atoms with Crippen LogP contribution >= 0.6 is 0 Å². The topological polar surface area (TPSA) is 77.1 Å². The summed E-state index contributed by atoms with van der Waals surface area (Å²) < 4.78 is 42.4. The molecule has 1 amide bonds. The van der Waals surface area contributed by atoms with Gasteiger partial charge in [-0.05, 0) is 49.2 Å². The number of aromatic nitrogens is 5. The van der Waals surface area contributed by atoms with Gasteiger partial charge in [0.1, 0.15) is 5.69 Å². The Morgan fingerprint density at radius 2 is 2.03 bits per heavy atom. The lowest BCUT2D eigenvalue weighted by Gasteiger charge is -2.24. The van der Waals surface area contributed by atoms with E-state index in [1.807, 2.05) is 6.07 Å². The number of rotatable bonds is 3. The van der Waals surface area contributed by atoms with Crippen molar-refractivity contribution in [1.82, 2.24) is 29.7 Å². The van der Waals surface area contributed by atoms with E-state index in [1.165, 1.54) is 6.07 Å². The second-order valence-corrected chi connectivity index (χ2v) is 7.40. The zero-order chi connectivity index (χ0) is 21.6. The third-order valence-corrected chi connectivity index (χ3v) is 5.32. The molecule has 0 fully saturated rings. The van der Waals surface area contributed by atoms with Crippen LogP contribution in [-0.2, 0) is 12.7 Å². The number of nitrogens with zero attached hydrogens (tertiary/aromatic N) is 5.